The Hall–Kier alpha value is -0.620. The minimum absolute atomic E-state index is 0.350. The van der Waals surface area contributed by atoms with Crippen LogP contribution in [0.25, 0.3) is 0 Å². The summed E-state index contributed by atoms with van der Waals surface area (Å²) in [6.45, 7) is 0. The summed E-state index contributed by atoms with van der Waals surface area (Å²) < 4.78 is 45.4. The number of hydrogen-bond acceptors (Lipinski definition) is 7. The Morgan fingerprint density at radius 3 is 1.92 bits per heavy atom. The monoisotopic (exact) mass is 244 g/mol. The predicted molar refractivity (Wildman–Crippen MR) is 42.7 cm³/mol. The zero-order valence-electron chi connectivity index (χ0n) is 5.91. The summed E-state index contributed by atoms with van der Waals surface area (Å²) in [4.78, 5) is 0. The third kappa shape index (κ3) is 2.19. The summed E-state index contributed by atoms with van der Waals surface area (Å²) in [6.07, 6.45) is 0. The fourth-order valence-electron chi connectivity index (χ4n) is 0.521. The molecule has 0 aliphatic carbocycles. The lowest BCUT2D eigenvalue weighted by atomic mass is 11.0. The van der Waals surface area contributed by atoms with Crippen LogP contribution in [0.4, 0.5) is 0 Å². The van der Waals surface area contributed by atoms with Gasteiger partial charge in [0, 0.05) is 11.5 Å². The second kappa shape index (κ2) is 2.95. The molecule has 1 aromatic heterocycles. The van der Waals surface area contributed by atoms with Crippen molar-refractivity contribution in [1.29, 1.82) is 0 Å². The Labute approximate surface area is 77.8 Å². The van der Waals surface area contributed by atoms with Crippen molar-refractivity contribution in [2.45, 2.75) is 9.24 Å². The van der Waals surface area contributed by atoms with Gasteiger partial charge in [-0.3, -0.25) is 0 Å². The second-order valence-corrected chi connectivity index (χ2v) is 5.94. The molecule has 0 amide bonds. The van der Waals surface area contributed by atoms with Crippen LogP contribution in [0.15, 0.2) is 9.24 Å². The van der Waals surface area contributed by atoms with Gasteiger partial charge >= 0.3 is 0 Å². The van der Waals surface area contributed by atoms with Crippen LogP contribution in [0.3, 0.4) is 0 Å². The van der Waals surface area contributed by atoms with Gasteiger partial charge in [-0.25, -0.2) is 27.1 Å². The molecule has 13 heavy (non-hydrogen) atoms. The SMILES string of the molecule is NS(=O)(=O)c1nnsc1S(N)(=O)=O. The van der Waals surface area contributed by atoms with E-state index in [-0.39, 0.29) is 0 Å². The van der Waals surface area contributed by atoms with Gasteiger partial charge in [0.25, 0.3) is 20.0 Å². The lowest BCUT2D eigenvalue weighted by Gasteiger charge is -1.93. The van der Waals surface area contributed by atoms with Crippen LogP contribution in [-0.4, -0.2) is 26.4 Å². The molecule has 0 atom stereocenters. The van der Waals surface area contributed by atoms with Crippen molar-refractivity contribution in [3.8, 4) is 0 Å². The molecule has 0 aromatic carbocycles. The molecular weight excluding hydrogens is 240 g/mol. The van der Waals surface area contributed by atoms with Crippen LogP contribution in [0.5, 0.6) is 0 Å². The highest BCUT2D eigenvalue weighted by Crippen LogP contribution is 2.18. The van der Waals surface area contributed by atoms with Gasteiger partial charge in [-0.15, -0.1) is 5.10 Å². The van der Waals surface area contributed by atoms with Crippen molar-refractivity contribution in [3.05, 3.63) is 0 Å². The summed E-state index contributed by atoms with van der Waals surface area (Å²) in [7, 11) is -8.33. The first-order valence-electron chi connectivity index (χ1n) is 2.61. The predicted octanol–water partition coefficient (Wildman–Crippen LogP) is -2.17. The summed E-state index contributed by atoms with van der Waals surface area (Å²) in [5.41, 5.74) is 0. The number of rotatable bonds is 2. The van der Waals surface area contributed by atoms with Crippen LogP contribution < -0.4 is 10.3 Å². The van der Waals surface area contributed by atoms with Gasteiger partial charge in [-0.05, 0) is 0 Å². The maximum absolute atomic E-state index is 10.7. The number of aromatic nitrogens is 2. The second-order valence-electron chi connectivity index (χ2n) is 1.96. The topological polar surface area (TPSA) is 146 Å². The van der Waals surface area contributed by atoms with Crippen LogP contribution >= 0.6 is 11.5 Å². The van der Waals surface area contributed by atoms with Crippen LogP contribution in [0.2, 0.25) is 0 Å². The third-order valence-corrected chi connectivity index (χ3v) is 4.19. The van der Waals surface area contributed by atoms with Crippen LogP contribution in [0.1, 0.15) is 0 Å². The first kappa shape index (κ1) is 10.5. The van der Waals surface area contributed by atoms with Crippen molar-refractivity contribution in [2.24, 2.45) is 10.3 Å². The van der Waals surface area contributed by atoms with Gasteiger partial charge in [-0.1, -0.05) is 4.49 Å². The van der Waals surface area contributed by atoms with Gasteiger partial charge in [-0.2, -0.15) is 0 Å². The van der Waals surface area contributed by atoms with Gasteiger partial charge in [0.15, 0.2) is 4.21 Å². The van der Waals surface area contributed by atoms with E-state index < -0.39 is 29.3 Å². The molecule has 0 bridgehead atoms. The number of sulfonamides is 2. The van der Waals surface area contributed by atoms with E-state index in [1.165, 1.54) is 0 Å². The lowest BCUT2D eigenvalue weighted by molar-refractivity contribution is 0.582. The average Bonchev–Trinajstić information content (AvgIpc) is 2.27. The molecule has 0 unspecified atom stereocenters. The largest absolute Gasteiger partial charge is 0.259 e. The highest BCUT2D eigenvalue weighted by atomic mass is 32.2. The summed E-state index contributed by atoms with van der Waals surface area (Å²) in [5, 5.41) is 11.6. The van der Waals surface area contributed by atoms with E-state index in [1.807, 2.05) is 0 Å². The number of primary sulfonamides is 2. The summed E-state index contributed by atoms with van der Waals surface area (Å²) in [5.74, 6) is 0. The van der Waals surface area contributed by atoms with Gasteiger partial charge < -0.3 is 0 Å². The Morgan fingerprint density at radius 1 is 1.08 bits per heavy atom. The minimum atomic E-state index is -4.20. The Bertz CT molecular complexity index is 465. The summed E-state index contributed by atoms with van der Waals surface area (Å²) in [6, 6.07) is 0. The van der Waals surface area contributed by atoms with Crippen LogP contribution in [0, 0.1) is 0 Å². The first-order chi connectivity index (χ1) is 5.73. The Balaban J connectivity index is 3.54. The van der Waals surface area contributed by atoms with E-state index in [0.717, 1.165) is 0 Å². The molecule has 1 heterocycles. The smallest absolute Gasteiger partial charge is 0.224 e. The standard InChI is InChI=1S/C2H4N4O4S3/c3-12(7,8)1-2(11-6-5-1)13(4,9)10/h(H2,3,7,8)(H2,4,9,10). The molecule has 8 nitrogen and oxygen atoms in total. The maximum atomic E-state index is 10.7. The first-order valence-corrected chi connectivity index (χ1v) is 6.47. The van der Waals surface area contributed by atoms with E-state index >= 15 is 0 Å². The molecule has 0 saturated heterocycles. The van der Waals surface area contributed by atoms with Crippen LogP contribution in [-0.2, 0) is 20.0 Å². The number of nitrogens with zero attached hydrogens (tertiary/aromatic N) is 2. The molecule has 0 fully saturated rings. The quantitative estimate of drug-likeness (QED) is 0.605. The van der Waals surface area contributed by atoms with Crippen molar-refractivity contribution < 1.29 is 16.8 Å². The highest BCUT2D eigenvalue weighted by Gasteiger charge is 2.26. The number of nitrogens with two attached hydrogens (primary N) is 2. The molecule has 0 aliphatic rings. The normalized spacial score (nSPS) is 13.1. The van der Waals surface area contributed by atoms with E-state index in [0.29, 0.717) is 11.5 Å². The van der Waals surface area contributed by atoms with E-state index in [2.05, 4.69) is 19.9 Å². The molecule has 4 N–H and O–H groups in total. The number of hydrogen-bond donors (Lipinski definition) is 2. The fourth-order valence-corrected chi connectivity index (χ4v) is 3.23. The average molecular weight is 244 g/mol. The van der Waals surface area contributed by atoms with E-state index in [1.54, 1.807) is 0 Å². The van der Waals surface area contributed by atoms with Crippen molar-refractivity contribution in [3.63, 3.8) is 0 Å². The van der Waals surface area contributed by atoms with E-state index in [4.69, 9.17) is 0 Å². The van der Waals surface area contributed by atoms with Gasteiger partial charge in [0.05, 0.1) is 0 Å². The zero-order chi connectivity index (χ0) is 10.3. The fraction of sp³-hybridized carbons (Fsp3) is 0. The Morgan fingerprint density at radius 2 is 1.62 bits per heavy atom. The Kier molecular flexibility index (Phi) is 2.38. The molecule has 1 aromatic rings. The molecular formula is C2H4N4O4S3. The maximum Gasteiger partial charge on any atom is 0.259 e. The molecule has 11 heteroatoms. The van der Waals surface area contributed by atoms with Crippen molar-refractivity contribution >= 4 is 31.6 Å². The lowest BCUT2D eigenvalue weighted by Crippen LogP contribution is -2.19. The summed E-state index contributed by atoms with van der Waals surface area (Å²) >= 11 is 0.350. The molecule has 0 spiro atoms. The zero-order valence-corrected chi connectivity index (χ0v) is 8.36. The van der Waals surface area contributed by atoms with E-state index in [9.17, 15) is 16.8 Å². The molecule has 74 valence electrons. The highest BCUT2D eigenvalue weighted by molar-refractivity contribution is 7.93. The molecule has 0 aliphatic heterocycles. The van der Waals surface area contributed by atoms with Gasteiger partial charge in [0.1, 0.15) is 0 Å². The van der Waals surface area contributed by atoms with Crippen molar-refractivity contribution in [2.75, 3.05) is 0 Å². The van der Waals surface area contributed by atoms with Crippen molar-refractivity contribution in [1.82, 2.24) is 9.59 Å². The van der Waals surface area contributed by atoms with Gasteiger partial charge in [0.2, 0.25) is 5.03 Å². The minimum Gasteiger partial charge on any atom is -0.224 e. The molecule has 1 rings (SSSR count). The molecule has 0 radical (unpaired) electrons. The molecule has 0 saturated carbocycles. The third-order valence-electron chi connectivity index (χ3n) is 0.958.